The smallest absolute Gasteiger partial charge is 0.326 e. The van der Waals surface area contributed by atoms with Crippen molar-refractivity contribution in [2.45, 2.75) is 51.6 Å². The minimum absolute atomic E-state index is 0.231. The van der Waals surface area contributed by atoms with Crippen LogP contribution in [0.2, 0.25) is 0 Å². The van der Waals surface area contributed by atoms with E-state index in [0.717, 1.165) is 30.3 Å². The van der Waals surface area contributed by atoms with Gasteiger partial charge in [0.2, 0.25) is 0 Å². The Balaban J connectivity index is 2.55. The molecule has 1 aromatic heterocycles. The van der Waals surface area contributed by atoms with Crippen LogP contribution in [0.5, 0.6) is 0 Å². The van der Waals surface area contributed by atoms with Crippen molar-refractivity contribution in [1.82, 2.24) is 9.55 Å². The normalized spacial score (nSPS) is 14.2. The molecule has 5 nitrogen and oxygen atoms in total. The third-order valence-electron chi connectivity index (χ3n) is 3.81. The number of nitrogens with two attached hydrogens (primary N) is 1. The fourth-order valence-corrected chi connectivity index (χ4v) is 2.67. The molecule has 2 aromatic rings. The summed E-state index contributed by atoms with van der Waals surface area (Å²) in [5, 5.41) is 9.50. The van der Waals surface area contributed by atoms with Crippen molar-refractivity contribution in [3.63, 3.8) is 0 Å². The van der Waals surface area contributed by atoms with Crippen LogP contribution in [0.25, 0.3) is 11.0 Å². The van der Waals surface area contributed by atoms with Crippen molar-refractivity contribution in [3.05, 3.63) is 30.1 Å². The molecule has 0 bridgehead atoms. The highest BCUT2D eigenvalue weighted by atomic mass is 16.4. The molecule has 2 atom stereocenters. The number of unbranched alkanes of at least 4 members (excludes halogenated alkanes) is 1. The van der Waals surface area contributed by atoms with E-state index in [-0.39, 0.29) is 6.04 Å². The minimum atomic E-state index is -0.843. The Labute approximate surface area is 124 Å². The lowest BCUT2D eigenvalue weighted by molar-refractivity contribution is -0.141. The number of nitrogens with zero attached hydrogens (tertiary/aromatic N) is 2. The van der Waals surface area contributed by atoms with E-state index in [9.17, 15) is 9.90 Å². The summed E-state index contributed by atoms with van der Waals surface area (Å²) in [6.07, 6.45) is 3.39. The summed E-state index contributed by atoms with van der Waals surface area (Å²) in [6, 6.07) is 6.75. The number of fused-ring (bicyclic) bond motifs is 1. The van der Waals surface area contributed by atoms with E-state index in [1.54, 1.807) is 4.57 Å². The fraction of sp³-hybridized carbons (Fsp3) is 0.500. The summed E-state index contributed by atoms with van der Waals surface area (Å²) in [7, 11) is 0. The third kappa shape index (κ3) is 3.08. The van der Waals surface area contributed by atoms with E-state index in [1.165, 1.54) is 0 Å². The number of hydrogen-bond donors (Lipinski definition) is 2. The molecule has 114 valence electrons. The van der Waals surface area contributed by atoms with Gasteiger partial charge in [-0.2, -0.15) is 0 Å². The van der Waals surface area contributed by atoms with Crippen molar-refractivity contribution >= 4 is 17.0 Å². The first-order valence-electron chi connectivity index (χ1n) is 7.55. The van der Waals surface area contributed by atoms with Crippen LogP contribution in [-0.2, 0) is 4.79 Å². The van der Waals surface area contributed by atoms with Crippen molar-refractivity contribution < 1.29 is 9.90 Å². The monoisotopic (exact) mass is 289 g/mol. The molecule has 0 amide bonds. The van der Waals surface area contributed by atoms with Crippen LogP contribution in [0, 0.1) is 0 Å². The Bertz CT molecular complexity index is 621. The van der Waals surface area contributed by atoms with Crippen LogP contribution in [-0.4, -0.2) is 20.6 Å². The lowest BCUT2D eigenvalue weighted by Gasteiger charge is -2.19. The van der Waals surface area contributed by atoms with Crippen LogP contribution in [0.15, 0.2) is 24.3 Å². The lowest BCUT2D eigenvalue weighted by atomic mass is 10.1. The fourth-order valence-electron chi connectivity index (χ4n) is 2.67. The van der Waals surface area contributed by atoms with Crippen LogP contribution < -0.4 is 5.73 Å². The van der Waals surface area contributed by atoms with Crippen molar-refractivity contribution in [1.29, 1.82) is 0 Å². The number of benzene rings is 1. The molecule has 2 rings (SSSR count). The largest absolute Gasteiger partial charge is 0.480 e. The van der Waals surface area contributed by atoms with E-state index >= 15 is 0 Å². The average Bonchev–Trinajstić information content (AvgIpc) is 2.85. The summed E-state index contributed by atoms with van der Waals surface area (Å²) in [5.74, 6) is -0.163. The van der Waals surface area contributed by atoms with Gasteiger partial charge < -0.3 is 15.4 Å². The maximum atomic E-state index is 11.6. The average molecular weight is 289 g/mol. The molecule has 0 fully saturated rings. The van der Waals surface area contributed by atoms with Gasteiger partial charge in [-0.15, -0.1) is 0 Å². The number of carbonyl (C=O) groups is 1. The number of carboxylic acids is 1. The quantitative estimate of drug-likeness (QED) is 0.819. The predicted octanol–water partition coefficient (Wildman–Crippen LogP) is 3.26. The molecule has 0 saturated heterocycles. The maximum absolute atomic E-state index is 11.6. The second-order valence-electron chi connectivity index (χ2n) is 5.34. The molecule has 0 spiro atoms. The minimum Gasteiger partial charge on any atom is -0.480 e. The van der Waals surface area contributed by atoms with Gasteiger partial charge in [-0.05, 0) is 25.0 Å². The molecule has 21 heavy (non-hydrogen) atoms. The van der Waals surface area contributed by atoms with Gasteiger partial charge in [0.15, 0.2) is 0 Å². The number of imidazole rings is 1. The number of para-hydroxylation sites is 2. The molecule has 1 aromatic carbocycles. The zero-order valence-electron chi connectivity index (χ0n) is 12.6. The Hall–Kier alpha value is -1.88. The molecule has 1 heterocycles. The highest BCUT2D eigenvalue weighted by Gasteiger charge is 2.25. The summed E-state index contributed by atoms with van der Waals surface area (Å²) in [4.78, 5) is 16.2. The standard InChI is InChI=1S/C16H23N3O2/c1-3-5-8-11(17)15-18-12-9-6-7-10-14(12)19(15)13(4-2)16(20)21/h6-7,9-11,13H,3-5,8,17H2,1-2H3,(H,20,21). The lowest BCUT2D eigenvalue weighted by Crippen LogP contribution is -2.24. The van der Waals surface area contributed by atoms with Gasteiger partial charge in [0.25, 0.3) is 0 Å². The Kier molecular flexibility index (Phi) is 4.96. The Morgan fingerprint density at radius 1 is 1.38 bits per heavy atom. The zero-order valence-corrected chi connectivity index (χ0v) is 12.6. The summed E-state index contributed by atoms with van der Waals surface area (Å²) >= 11 is 0. The zero-order chi connectivity index (χ0) is 15.4. The molecule has 0 aliphatic heterocycles. The van der Waals surface area contributed by atoms with Crippen molar-refractivity contribution in [2.75, 3.05) is 0 Å². The molecule has 0 saturated carbocycles. The van der Waals surface area contributed by atoms with E-state index < -0.39 is 12.0 Å². The number of aromatic nitrogens is 2. The molecule has 0 aliphatic carbocycles. The van der Waals surface area contributed by atoms with Gasteiger partial charge in [-0.3, -0.25) is 0 Å². The predicted molar refractivity (Wildman–Crippen MR) is 83.2 cm³/mol. The Morgan fingerprint density at radius 2 is 2.10 bits per heavy atom. The van der Waals surface area contributed by atoms with Gasteiger partial charge in [-0.1, -0.05) is 38.8 Å². The second-order valence-corrected chi connectivity index (χ2v) is 5.34. The molecule has 0 aliphatic rings. The number of carboxylic acid groups (broad SMARTS) is 1. The first kappa shape index (κ1) is 15.5. The molecule has 0 radical (unpaired) electrons. The summed E-state index contributed by atoms with van der Waals surface area (Å²) in [5.41, 5.74) is 7.91. The van der Waals surface area contributed by atoms with E-state index in [0.29, 0.717) is 12.2 Å². The number of hydrogen-bond acceptors (Lipinski definition) is 3. The topological polar surface area (TPSA) is 81.1 Å². The van der Waals surface area contributed by atoms with Crippen molar-refractivity contribution in [3.8, 4) is 0 Å². The van der Waals surface area contributed by atoms with Gasteiger partial charge in [0, 0.05) is 0 Å². The molecule has 3 N–H and O–H groups in total. The van der Waals surface area contributed by atoms with Gasteiger partial charge >= 0.3 is 5.97 Å². The molecule has 2 unspecified atom stereocenters. The molecular formula is C16H23N3O2. The van der Waals surface area contributed by atoms with E-state index in [2.05, 4.69) is 11.9 Å². The first-order chi connectivity index (χ1) is 10.1. The van der Waals surface area contributed by atoms with Crippen LogP contribution in [0.3, 0.4) is 0 Å². The highest BCUT2D eigenvalue weighted by molar-refractivity contribution is 5.80. The van der Waals surface area contributed by atoms with Gasteiger partial charge in [0.05, 0.1) is 17.1 Å². The third-order valence-corrected chi connectivity index (χ3v) is 3.81. The number of aliphatic carboxylic acids is 1. The second kappa shape index (κ2) is 6.72. The summed E-state index contributed by atoms with van der Waals surface area (Å²) in [6.45, 7) is 3.98. The number of rotatable bonds is 7. The van der Waals surface area contributed by atoms with Crippen LogP contribution in [0.1, 0.15) is 57.4 Å². The van der Waals surface area contributed by atoms with E-state index in [1.807, 2.05) is 31.2 Å². The Morgan fingerprint density at radius 3 is 2.71 bits per heavy atom. The van der Waals surface area contributed by atoms with Crippen LogP contribution >= 0.6 is 0 Å². The SMILES string of the molecule is CCCCC(N)c1nc2ccccc2n1C(CC)C(=O)O. The van der Waals surface area contributed by atoms with Crippen molar-refractivity contribution in [2.24, 2.45) is 5.73 Å². The van der Waals surface area contributed by atoms with Gasteiger partial charge in [-0.25, -0.2) is 9.78 Å². The molecule has 5 heteroatoms. The van der Waals surface area contributed by atoms with Gasteiger partial charge in [0.1, 0.15) is 11.9 Å². The highest BCUT2D eigenvalue weighted by Crippen LogP contribution is 2.28. The maximum Gasteiger partial charge on any atom is 0.326 e. The summed E-state index contributed by atoms with van der Waals surface area (Å²) < 4.78 is 1.80. The van der Waals surface area contributed by atoms with Crippen LogP contribution in [0.4, 0.5) is 0 Å². The first-order valence-corrected chi connectivity index (χ1v) is 7.55. The molecular weight excluding hydrogens is 266 g/mol. The van der Waals surface area contributed by atoms with E-state index in [4.69, 9.17) is 5.73 Å².